The molecule has 0 spiro atoms. The molecule has 0 saturated carbocycles. The van der Waals surface area contributed by atoms with Crippen molar-refractivity contribution in [3.63, 3.8) is 0 Å². The summed E-state index contributed by atoms with van der Waals surface area (Å²) in [6.07, 6.45) is 4.62. The largest absolute Gasteiger partial charge is 0.456 e. The second-order valence-electron chi connectivity index (χ2n) is 6.06. The zero-order valence-corrected chi connectivity index (χ0v) is 14.0. The highest BCUT2D eigenvalue weighted by Crippen LogP contribution is 2.29. The van der Waals surface area contributed by atoms with Crippen LogP contribution in [0.4, 0.5) is 0 Å². The maximum atomic E-state index is 6.06. The van der Waals surface area contributed by atoms with E-state index in [1.54, 1.807) is 0 Å². The molecule has 0 fully saturated rings. The molecule has 23 heavy (non-hydrogen) atoms. The van der Waals surface area contributed by atoms with Crippen LogP contribution in [0.25, 0.3) is 22.6 Å². The molecule has 0 aliphatic rings. The Kier molecular flexibility index (Phi) is 4.97. The van der Waals surface area contributed by atoms with E-state index in [4.69, 9.17) is 4.42 Å². The van der Waals surface area contributed by atoms with Gasteiger partial charge in [0.1, 0.15) is 11.5 Å². The molecule has 1 nitrogen and oxygen atoms in total. The summed E-state index contributed by atoms with van der Waals surface area (Å²) in [6, 6.07) is 21.5. The fraction of sp³-hybridized carbons (Fsp3) is 0.273. The molecule has 3 rings (SSSR count). The van der Waals surface area contributed by atoms with Crippen LogP contribution >= 0.6 is 0 Å². The predicted molar refractivity (Wildman–Crippen MR) is 97.6 cm³/mol. The Morgan fingerprint density at radius 2 is 0.957 bits per heavy atom. The summed E-state index contributed by atoms with van der Waals surface area (Å²) in [4.78, 5) is 0. The Hall–Kier alpha value is -2.28. The van der Waals surface area contributed by atoms with Crippen molar-refractivity contribution in [2.24, 2.45) is 0 Å². The molecule has 2 aromatic carbocycles. The van der Waals surface area contributed by atoms with E-state index in [2.05, 4.69) is 74.5 Å². The molecule has 1 aromatic heterocycles. The molecule has 3 aromatic rings. The van der Waals surface area contributed by atoms with Gasteiger partial charge in [0.25, 0.3) is 0 Å². The van der Waals surface area contributed by atoms with Crippen LogP contribution in [-0.2, 0) is 12.8 Å². The van der Waals surface area contributed by atoms with Crippen molar-refractivity contribution in [2.45, 2.75) is 39.5 Å². The number of rotatable bonds is 6. The van der Waals surface area contributed by atoms with Gasteiger partial charge in [0.05, 0.1) is 0 Å². The lowest BCUT2D eigenvalue weighted by atomic mass is 10.1. The maximum Gasteiger partial charge on any atom is 0.134 e. The van der Waals surface area contributed by atoms with Crippen LogP contribution in [0.15, 0.2) is 65.1 Å². The minimum Gasteiger partial charge on any atom is -0.456 e. The molecule has 0 saturated heterocycles. The normalized spacial score (nSPS) is 10.9. The molecule has 0 aliphatic heterocycles. The predicted octanol–water partition coefficient (Wildman–Crippen LogP) is 6.52. The first-order valence-electron chi connectivity index (χ1n) is 8.58. The van der Waals surface area contributed by atoms with Crippen LogP contribution in [0.3, 0.4) is 0 Å². The third-order valence-electron chi connectivity index (χ3n) is 4.16. The van der Waals surface area contributed by atoms with Crippen LogP contribution in [0.5, 0.6) is 0 Å². The van der Waals surface area contributed by atoms with Gasteiger partial charge in [-0.2, -0.15) is 0 Å². The van der Waals surface area contributed by atoms with E-state index in [0.29, 0.717) is 0 Å². The van der Waals surface area contributed by atoms with Crippen molar-refractivity contribution < 1.29 is 4.42 Å². The Morgan fingerprint density at radius 3 is 1.30 bits per heavy atom. The summed E-state index contributed by atoms with van der Waals surface area (Å²) in [7, 11) is 0. The van der Waals surface area contributed by atoms with Crippen LogP contribution in [0, 0.1) is 0 Å². The zero-order chi connectivity index (χ0) is 16.1. The number of aryl methyl sites for hydroxylation is 2. The van der Waals surface area contributed by atoms with Crippen molar-refractivity contribution in [3.8, 4) is 22.6 Å². The average Bonchev–Trinajstić information content (AvgIpc) is 3.07. The number of benzene rings is 2. The van der Waals surface area contributed by atoms with Gasteiger partial charge in [0, 0.05) is 11.1 Å². The van der Waals surface area contributed by atoms with Crippen LogP contribution in [-0.4, -0.2) is 0 Å². The van der Waals surface area contributed by atoms with Crippen molar-refractivity contribution in [2.75, 3.05) is 0 Å². The first kappa shape index (κ1) is 15.6. The number of hydrogen-bond donors (Lipinski definition) is 0. The van der Waals surface area contributed by atoms with E-state index in [-0.39, 0.29) is 0 Å². The minimum atomic E-state index is 0.931. The molecule has 0 amide bonds. The fourth-order valence-corrected chi connectivity index (χ4v) is 2.90. The van der Waals surface area contributed by atoms with Gasteiger partial charge in [-0.05, 0) is 36.1 Å². The topological polar surface area (TPSA) is 13.1 Å². The second-order valence-corrected chi connectivity index (χ2v) is 6.06. The molecule has 0 unspecified atom stereocenters. The van der Waals surface area contributed by atoms with Crippen LogP contribution in [0.1, 0.15) is 37.8 Å². The SMILES string of the molecule is CCCc1ccc(-c2ccc(-c3ccc(CCC)cc3)o2)cc1. The molecule has 0 bridgehead atoms. The lowest BCUT2D eigenvalue weighted by Crippen LogP contribution is -1.83. The van der Waals surface area contributed by atoms with E-state index in [1.807, 2.05) is 0 Å². The van der Waals surface area contributed by atoms with Crippen LogP contribution < -0.4 is 0 Å². The molecule has 118 valence electrons. The van der Waals surface area contributed by atoms with E-state index in [1.165, 1.54) is 24.0 Å². The van der Waals surface area contributed by atoms with Gasteiger partial charge < -0.3 is 4.42 Å². The number of hydrogen-bond acceptors (Lipinski definition) is 1. The van der Waals surface area contributed by atoms with E-state index < -0.39 is 0 Å². The van der Waals surface area contributed by atoms with E-state index in [0.717, 1.165) is 35.5 Å². The summed E-state index contributed by atoms with van der Waals surface area (Å²) in [6.45, 7) is 4.41. The Morgan fingerprint density at radius 1 is 0.565 bits per heavy atom. The Labute approximate surface area is 139 Å². The van der Waals surface area contributed by atoms with Crippen LogP contribution in [0.2, 0.25) is 0 Å². The number of furan rings is 1. The first-order chi connectivity index (χ1) is 11.3. The highest BCUT2D eigenvalue weighted by atomic mass is 16.3. The fourth-order valence-electron chi connectivity index (χ4n) is 2.90. The van der Waals surface area contributed by atoms with E-state index >= 15 is 0 Å². The van der Waals surface area contributed by atoms with Crippen molar-refractivity contribution in [1.82, 2.24) is 0 Å². The summed E-state index contributed by atoms with van der Waals surface area (Å²) in [5.74, 6) is 1.86. The van der Waals surface area contributed by atoms with Gasteiger partial charge in [-0.3, -0.25) is 0 Å². The second kappa shape index (κ2) is 7.32. The van der Waals surface area contributed by atoms with Gasteiger partial charge in [0.2, 0.25) is 0 Å². The van der Waals surface area contributed by atoms with Gasteiger partial charge >= 0.3 is 0 Å². The lowest BCUT2D eigenvalue weighted by molar-refractivity contribution is 0.597. The summed E-state index contributed by atoms with van der Waals surface area (Å²) >= 11 is 0. The third kappa shape index (κ3) is 3.73. The molecule has 0 atom stereocenters. The highest BCUT2D eigenvalue weighted by Gasteiger charge is 2.07. The quantitative estimate of drug-likeness (QED) is 0.505. The van der Waals surface area contributed by atoms with Gasteiger partial charge in [-0.15, -0.1) is 0 Å². The zero-order valence-electron chi connectivity index (χ0n) is 14.0. The van der Waals surface area contributed by atoms with Crippen molar-refractivity contribution in [1.29, 1.82) is 0 Å². The monoisotopic (exact) mass is 304 g/mol. The highest BCUT2D eigenvalue weighted by molar-refractivity contribution is 5.65. The van der Waals surface area contributed by atoms with Gasteiger partial charge in [-0.1, -0.05) is 75.2 Å². The molecular weight excluding hydrogens is 280 g/mol. The summed E-state index contributed by atoms with van der Waals surface area (Å²) < 4.78 is 6.06. The van der Waals surface area contributed by atoms with E-state index in [9.17, 15) is 0 Å². The molecule has 0 aliphatic carbocycles. The summed E-state index contributed by atoms with van der Waals surface area (Å²) in [5.41, 5.74) is 5.04. The van der Waals surface area contributed by atoms with Gasteiger partial charge in [-0.25, -0.2) is 0 Å². The Bertz CT molecular complexity index is 668. The average molecular weight is 304 g/mol. The smallest absolute Gasteiger partial charge is 0.134 e. The Balaban J connectivity index is 1.79. The lowest BCUT2D eigenvalue weighted by Gasteiger charge is -2.02. The maximum absolute atomic E-state index is 6.06. The molecule has 0 N–H and O–H groups in total. The van der Waals surface area contributed by atoms with Crippen molar-refractivity contribution >= 4 is 0 Å². The standard InChI is InChI=1S/C22H24O/c1-3-5-17-7-11-19(12-8-17)21-15-16-22(23-21)20-13-9-18(6-4-2)10-14-20/h7-16H,3-6H2,1-2H3. The summed E-state index contributed by atoms with van der Waals surface area (Å²) in [5, 5.41) is 0. The first-order valence-corrected chi connectivity index (χ1v) is 8.58. The molecule has 1 heteroatoms. The molecular formula is C22H24O. The molecule has 0 radical (unpaired) electrons. The minimum absolute atomic E-state index is 0.931. The third-order valence-corrected chi connectivity index (χ3v) is 4.16. The molecule has 1 heterocycles. The van der Waals surface area contributed by atoms with Gasteiger partial charge in [0.15, 0.2) is 0 Å². The van der Waals surface area contributed by atoms with Crippen molar-refractivity contribution in [3.05, 3.63) is 71.8 Å².